The summed E-state index contributed by atoms with van der Waals surface area (Å²) in [5.74, 6) is 0. The van der Waals surface area contributed by atoms with E-state index in [1.54, 1.807) is 24.2 Å². The molecule has 0 amide bonds. The van der Waals surface area contributed by atoms with Gasteiger partial charge < -0.3 is 5.32 Å². The van der Waals surface area contributed by atoms with E-state index in [-0.39, 0.29) is 0 Å². The number of nitrogens with zero attached hydrogens (tertiary/aromatic N) is 3. The number of anilines is 1. The molecule has 1 aromatic heterocycles. The number of hydrogen-bond donors (Lipinski definition) is 1. The molecule has 0 spiro atoms. The van der Waals surface area contributed by atoms with Crippen molar-refractivity contribution in [2.24, 2.45) is 4.99 Å². The molecule has 2 heterocycles. The molecular weight excluding hydrogens is 208 g/mol. The van der Waals surface area contributed by atoms with Crippen LogP contribution in [0.5, 0.6) is 0 Å². The third-order valence-corrected chi connectivity index (χ3v) is 3.16. The van der Waals surface area contributed by atoms with E-state index < -0.39 is 0 Å². The van der Waals surface area contributed by atoms with Crippen molar-refractivity contribution in [2.75, 3.05) is 5.32 Å². The zero-order valence-electron chi connectivity index (χ0n) is 8.84. The van der Waals surface area contributed by atoms with Crippen molar-refractivity contribution in [1.82, 2.24) is 9.97 Å². The zero-order chi connectivity index (χ0) is 10.7. The number of hydrogen-bond acceptors (Lipinski definition) is 5. The Morgan fingerprint density at radius 2 is 2.07 bits per heavy atom. The minimum absolute atomic E-state index is 0.397. The Morgan fingerprint density at radius 3 is 2.73 bits per heavy atom. The van der Waals surface area contributed by atoms with E-state index in [1.165, 1.54) is 6.33 Å². The molecule has 1 aliphatic rings. The molecule has 2 rings (SSSR count). The van der Waals surface area contributed by atoms with Gasteiger partial charge in [0.05, 0.1) is 24.1 Å². The van der Waals surface area contributed by atoms with Crippen LogP contribution in [-0.4, -0.2) is 26.4 Å². The fourth-order valence-corrected chi connectivity index (χ4v) is 2.72. The summed E-state index contributed by atoms with van der Waals surface area (Å²) in [6, 6.07) is 0.397. The first-order valence-corrected chi connectivity index (χ1v) is 5.88. The van der Waals surface area contributed by atoms with E-state index in [1.807, 2.05) is 0 Å². The Morgan fingerprint density at radius 1 is 1.33 bits per heavy atom. The Kier molecular flexibility index (Phi) is 3.20. The number of aliphatic imine (C=N–C) groups is 1. The van der Waals surface area contributed by atoms with Crippen molar-refractivity contribution < 1.29 is 0 Å². The third kappa shape index (κ3) is 2.92. The molecule has 2 unspecified atom stereocenters. The van der Waals surface area contributed by atoms with E-state index in [0.29, 0.717) is 11.3 Å². The van der Waals surface area contributed by atoms with Gasteiger partial charge in [0, 0.05) is 5.25 Å². The summed E-state index contributed by atoms with van der Waals surface area (Å²) in [7, 11) is 0. The average Bonchev–Trinajstić information content (AvgIpc) is 2.17. The van der Waals surface area contributed by atoms with Crippen molar-refractivity contribution in [3.05, 3.63) is 18.7 Å². The van der Waals surface area contributed by atoms with Crippen molar-refractivity contribution in [1.29, 1.82) is 0 Å². The first kappa shape index (κ1) is 10.4. The van der Waals surface area contributed by atoms with Crippen molar-refractivity contribution in [3.8, 4) is 0 Å². The molecule has 2 atom stereocenters. The molecule has 4 nitrogen and oxygen atoms in total. The van der Waals surface area contributed by atoms with Crippen LogP contribution in [0.25, 0.3) is 0 Å². The van der Waals surface area contributed by atoms with Crippen LogP contribution in [0.3, 0.4) is 0 Å². The largest absolute Gasteiger partial charge is 0.332 e. The standard InChI is InChI=1S/C10H14N4S/c1-7-3-8(2)15-10(13-7)14-9-4-11-6-12-5-9/h4-8H,3H2,1-2H3,(H,13,14). The van der Waals surface area contributed by atoms with E-state index >= 15 is 0 Å². The fraction of sp³-hybridized carbons (Fsp3) is 0.500. The summed E-state index contributed by atoms with van der Waals surface area (Å²) in [6.45, 7) is 4.36. The van der Waals surface area contributed by atoms with Crippen LogP contribution >= 0.6 is 11.8 Å². The number of amidine groups is 1. The molecule has 1 aromatic rings. The molecule has 0 radical (unpaired) electrons. The van der Waals surface area contributed by atoms with Crippen LogP contribution in [-0.2, 0) is 0 Å². The summed E-state index contributed by atoms with van der Waals surface area (Å²) in [5.41, 5.74) is 0.894. The van der Waals surface area contributed by atoms with Crippen molar-refractivity contribution in [3.63, 3.8) is 0 Å². The molecule has 0 saturated heterocycles. The van der Waals surface area contributed by atoms with E-state index in [4.69, 9.17) is 0 Å². The lowest BCUT2D eigenvalue weighted by Gasteiger charge is -2.22. The second-order valence-electron chi connectivity index (χ2n) is 3.70. The van der Waals surface area contributed by atoms with E-state index in [2.05, 4.69) is 34.1 Å². The van der Waals surface area contributed by atoms with Crippen LogP contribution in [0.1, 0.15) is 20.3 Å². The molecule has 15 heavy (non-hydrogen) atoms. The van der Waals surface area contributed by atoms with E-state index in [0.717, 1.165) is 17.3 Å². The molecule has 0 aliphatic carbocycles. The molecule has 0 fully saturated rings. The normalized spacial score (nSPS) is 25.9. The summed E-state index contributed by atoms with van der Waals surface area (Å²) < 4.78 is 0. The zero-order valence-corrected chi connectivity index (χ0v) is 9.66. The van der Waals surface area contributed by atoms with Crippen LogP contribution in [0.2, 0.25) is 0 Å². The van der Waals surface area contributed by atoms with Gasteiger partial charge >= 0.3 is 0 Å². The fourth-order valence-electron chi connectivity index (χ4n) is 1.55. The minimum Gasteiger partial charge on any atom is -0.332 e. The second kappa shape index (κ2) is 4.61. The van der Waals surface area contributed by atoms with Gasteiger partial charge in [0.25, 0.3) is 0 Å². The van der Waals surface area contributed by atoms with Gasteiger partial charge in [-0.15, -0.1) is 0 Å². The molecular formula is C10H14N4S. The van der Waals surface area contributed by atoms with Gasteiger partial charge in [-0.3, -0.25) is 4.99 Å². The number of rotatable bonds is 1. The highest BCUT2D eigenvalue weighted by molar-refractivity contribution is 8.14. The monoisotopic (exact) mass is 222 g/mol. The first-order chi connectivity index (χ1) is 7.24. The topological polar surface area (TPSA) is 50.2 Å². The van der Waals surface area contributed by atoms with Crippen LogP contribution < -0.4 is 5.32 Å². The van der Waals surface area contributed by atoms with Crippen LogP contribution in [0, 0.1) is 0 Å². The Balaban J connectivity index is 2.06. The highest BCUT2D eigenvalue weighted by Gasteiger charge is 2.18. The van der Waals surface area contributed by atoms with Crippen LogP contribution in [0.15, 0.2) is 23.7 Å². The summed E-state index contributed by atoms with van der Waals surface area (Å²) in [5, 5.41) is 4.81. The lowest BCUT2D eigenvalue weighted by molar-refractivity contribution is 0.661. The predicted molar refractivity (Wildman–Crippen MR) is 64.2 cm³/mol. The Hall–Kier alpha value is -1.10. The van der Waals surface area contributed by atoms with Gasteiger partial charge in [-0.25, -0.2) is 9.97 Å². The second-order valence-corrected chi connectivity index (χ2v) is 5.13. The molecule has 1 aliphatic heterocycles. The quantitative estimate of drug-likeness (QED) is 0.791. The SMILES string of the molecule is CC1CC(C)SC(Nc2cncnc2)=N1. The molecule has 80 valence electrons. The van der Waals surface area contributed by atoms with Gasteiger partial charge in [-0.2, -0.15) is 0 Å². The van der Waals surface area contributed by atoms with Crippen molar-refractivity contribution >= 4 is 22.6 Å². The average molecular weight is 222 g/mol. The Labute approximate surface area is 93.6 Å². The van der Waals surface area contributed by atoms with Gasteiger partial charge in [-0.1, -0.05) is 18.7 Å². The van der Waals surface area contributed by atoms with Crippen LogP contribution in [0.4, 0.5) is 5.69 Å². The van der Waals surface area contributed by atoms with Gasteiger partial charge in [0.15, 0.2) is 5.17 Å². The maximum Gasteiger partial charge on any atom is 0.161 e. The van der Waals surface area contributed by atoms with Gasteiger partial charge in [-0.05, 0) is 13.3 Å². The summed E-state index contributed by atoms with van der Waals surface area (Å²) in [6.07, 6.45) is 6.16. The highest BCUT2D eigenvalue weighted by Crippen LogP contribution is 2.25. The first-order valence-electron chi connectivity index (χ1n) is 5.00. The molecule has 0 bridgehead atoms. The number of nitrogens with one attached hydrogen (secondary N) is 1. The van der Waals surface area contributed by atoms with Gasteiger partial charge in [0.2, 0.25) is 0 Å². The minimum atomic E-state index is 0.397. The highest BCUT2D eigenvalue weighted by atomic mass is 32.2. The van der Waals surface area contributed by atoms with Gasteiger partial charge in [0.1, 0.15) is 6.33 Å². The lowest BCUT2D eigenvalue weighted by atomic mass is 10.2. The Bertz CT molecular complexity index is 352. The summed E-state index contributed by atoms with van der Waals surface area (Å²) in [4.78, 5) is 12.4. The number of aromatic nitrogens is 2. The smallest absolute Gasteiger partial charge is 0.161 e. The number of thioether (sulfide) groups is 1. The van der Waals surface area contributed by atoms with Crippen molar-refractivity contribution in [2.45, 2.75) is 31.6 Å². The molecule has 0 aromatic carbocycles. The third-order valence-electron chi connectivity index (χ3n) is 2.14. The maximum atomic E-state index is 4.54. The maximum absolute atomic E-state index is 4.54. The molecule has 0 saturated carbocycles. The van der Waals surface area contributed by atoms with E-state index in [9.17, 15) is 0 Å². The summed E-state index contributed by atoms with van der Waals surface area (Å²) >= 11 is 1.77. The molecule has 5 heteroatoms. The predicted octanol–water partition coefficient (Wildman–Crippen LogP) is 2.16. The molecule has 1 N–H and O–H groups in total. The lowest BCUT2D eigenvalue weighted by Crippen LogP contribution is -2.22.